The van der Waals surface area contributed by atoms with E-state index in [9.17, 15) is 97.5 Å². The van der Waals surface area contributed by atoms with Gasteiger partial charge in [0.25, 0.3) is 0 Å². The molecule has 0 saturated carbocycles. The zero-order valence-corrected chi connectivity index (χ0v) is 81.7. The summed E-state index contributed by atoms with van der Waals surface area (Å²) >= 11 is 12.9. The van der Waals surface area contributed by atoms with Gasteiger partial charge in [-0.15, -0.1) is 0 Å². The Kier molecular flexibility index (Phi) is 34.5. The minimum absolute atomic E-state index is 0.0148. The second kappa shape index (κ2) is 47.2. The van der Waals surface area contributed by atoms with Crippen LogP contribution in [-0.4, -0.2) is 239 Å². The lowest BCUT2D eigenvalue weighted by Gasteiger charge is -2.36. The van der Waals surface area contributed by atoms with Gasteiger partial charge in [-0.2, -0.15) is 11.8 Å². The van der Waals surface area contributed by atoms with Crippen LogP contribution in [0.15, 0.2) is 152 Å². The lowest BCUT2D eigenvalue weighted by atomic mass is 9.77. The normalized spacial score (nSPS) is 14.7. The van der Waals surface area contributed by atoms with E-state index in [4.69, 9.17) is 54.9 Å². The van der Waals surface area contributed by atoms with Gasteiger partial charge in [0.1, 0.15) is 100 Å². The largest absolute Gasteiger partial charge is 0.508 e. The molecular weight excluding hydrogens is 1940 g/mol. The van der Waals surface area contributed by atoms with Crippen LogP contribution in [0.4, 0.5) is 11.4 Å². The highest BCUT2D eigenvalue weighted by atomic mass is 32.2. The Labute approximate surface area is 843 Å². The molecule has 764 valence electrons. The molecule has 47 heteroatoms. The van der Waals surface area contributed by atoms with Crippen LogP contribution in [0, 0.1) is 11.8 Å². The molecule has 26 N–H and O–H groups in total. The van der Waals surface area contributed by atoms with Crippen LogP contribution in [-0.2, 0) is 95.8 Å². The molecule has 9 aromatic rings. The van der Waals surface area contributed by atoms with Gasteiger partial charge in [-0.1, -0.05) is 58.0 Å². The number of carbonyl (C=O) groups is 15. The van der Waals surface area contributed by atoms with Crippen molar-refractivity contribution in [1.29, 1.82) is 0 Å². The number of carbonyl (C=O) groups excluding carboxylic acids is 15. The molecule has 145 heavy (non-hydrogen) atoms. The summed E-state index contributed by atoms with van der Waals surface area (Å²) in [6, 6.07) is 21.3. The smallest absolute Gasteiger partial charge is 0.340 e. The number of aromatic amines is 2. The molecule has 2 aromatic heterocycles. The fourth-order valence-corrected chi connectivity index (χ4v) is 18.1. The van der Waals surface area contributed by atoms with Gasteiger partial charge in [0, 0.05) is 118 Å². The van der Waals surface area contributed by atoms with Gasteiger partial charge in [-0.05, 0) is 178 Å². The van der Waals surface area contributed by atoms with E-state index in [1.165, 1.54) is 85.8 Å². The van der Waals surface area contributed by atoms with Crippen molar-refractivity contribution in [2.45, 2.75) is 158 Å². The number of amides is 13. The molecule has 6 heterocycles. The summed E-state index contributed by atoms with van der Waals surface area (Å²) in [7, 11) is 0. The Balaban J connectivity index is 0.624. The number of imidazole rings is 1. The van der Waals surface area contributed by atoms with E-state index in [1.807, 2.05) is 20.1 Å². The van der Waals surface area contributed by atoms with Crippen LogP contribution < -0.4 is 101 Å². The molecule has 13 amide bonds. The number of hydrogen-bond donors (Lipinski definition) is 24. The number of phenolic OH excluding ortho intramolecular Hbond substituents is 4. The number of thiocarbonyl (C=S) groups is 2. The van der Waals surface area contributed by atoms with E-state index in [0.29, 0.717) is 73.4 Å². The van der Waals surface area contributed by atoms with Crippen molar-refractivity contribution in [3.8, 4) is 46.0 Å². The van der Waals surface area contributed by atoms with Gasteiger partial charge in [0.2, 0.25) is 76.8 Å². The number of H-pyrrole nitrogens is 2. The van der Waals surface area contributed by atoms with Crippen LogP contribution in [0.25, 0.3) is 10.9 Å². The molecule has 4 aliphatic heterocycles. The number of phenols is 4. The summed E-state index contributed by atoms with van der Waals surface area (Å²) in [5.41, 5.74) is 12.8. The minimum atomic E-state index is -1.78. The van der Waals surface area contributed by atoms with E-state index in [1.54, 1.807) is 98.9 Å². The maximum atomic E-state index is 14.6. The van der Waals surface area contributed by atoms with Crippen molar-refractivity contribution in [3.63, 3.8) is 0 Å². The van der Waals surface area contributed by atoms with Gasteiger partial charge < -0.3 is 146 Å². The van der Waals surface area contributed by atoms with Crippen molar-refractivity contribution >= 4 is 157 Å². The molecule has 13 rings (SSSR count). The summed E-state index contributed by atoms with van der Waals surface area (Å²) in [6.07, 6.45) is 5.79. The zero-order valence-electron chi connectivity index (χ0n) is 79.2. The number of benzene rings is 7. The number of fused-ring (bicyclic) bond motifs is 13. The standard InChI is InChI=1S/C98H110N20O24S3/c1-47(2)31-71(90(134)114-68(84(100)128)28-30-145-6)115-91(135)73(35-53-41-101-46-107-53)112-81(126)44-106-92(136)83(48(3)4)118-85(129)49(5)108-89(133)72(32-50-40-103-67-12-8-7-11-58(50)67)116-88(132)70(26-27-79(99)124)111-80(125)42-105-87(131)74(45-119)113-82(127)43-104-86(130)69(117-96(144)110-52-15-21-62-60(34-52)94(138)142-98(62)65-24-18-56(122)38-77(65)140-78-39-57(123)19-25-66(78)98)13-9-10-29-102-95(143)109-51-14-20-61-59(33-51)93(137)141-97(61)63-22-16-54(120)36-75(63)139-76-37-55(121)17-23-64(76)97/h7-8,11-12,14-25,33-34,36-41,46-49,68-74,83,103,119-123H,9-10,13,26-32,35,42-45H2,1-6H3,(H2,99,124)(H2,100,128)(H,101,107)(H,104,130)(H,105,131)(H,106,136)(H,108,133)(H,111,125)(H,112,126)(H,113,127)(H,114,134)(H,115,135)(H,116,132)(H,118,129)(H2,102,109,143)(H2,110,117,144)/t49-,68-,69?,70-,71-,72-,73-,74-,83-/m0/s1. The molecule has 0 bridgehead atoms. The maximum absolute atomic E-state index is 14.6. The number of unbranched alkanes of at least 4 members (excludes halogenated alkanes) is 1. The summed E-state index contributed by atoms with van der Waals surface area (Å²) in [6.45, 7) is 4.75. The molecule has 0 fully saturated rings. The van der Waals surface area contributed by atoms with Crippen LogP contribution in [0.3, 0.4) is 0 Å². The summed E-state index contributed by atoms with van der Waals surface area (Å²) in [5, 5.41) is 92.6. The second-order valence-electron chi connectivity index (χ2n) is 35.6. The van der Waals surface area contributed by atoms with Gasteiger partial charge in [-0.25, -0.2) is 14.6 Å². The third kappa shape index (κ3) is 25.7. The first-order valence-corrected chi connectivity index (χ1v) is 48.4. The molecular formula is C98H110N20O24S3. The number of nitrogens with two attached hydrogens (primary N) is 2. The minimum Gasteiger partial charge on any atom is -0.508 e. The Bertz CT molecular complexity index is 6410. The van der Waals surface area contributed by atoms with Crippen molar-refractivity contribution in [3.05, 3.63) is 208 Å². The van der Waals surface area contributed by atoms with Gasteiger partial charge in [0.15, 0.2) is 21.4 Å². The second-order valence-corrected chi connectivity index (χ2v) is 37.4. The van der Waals surface area contributed by atoms with Gasteiger partial charge in [-0.3, -0.25) is 62.3 Å². The Morgan fingerprint density at radius 1 is 0.469 bits per heavy atom. The molecule has 4 aliphatic rings. The molecule has 0 radical (unpaired) electrons. The van der Waals surface area contributed by atoms with Gasteiger partial charge in [0.05, 0.1) is 49.4 Å². The Morgan fingerprint density at radius 3 is 1.45 bits per heavy atom. The number of primary amides is 2. The molecule has 1 unspecified atom stereocenters. The van der Waals surface area contributed by atoms with Crippen molar-refractivity contribution < 1.29 is 116 Å². The predicted molar refractivity (Wildman–Crippen MR) is 534 cm³/mol. The van der Waals surface area contributed by atoms with E-state index >= 15 is 0 Å². The van der Waals surface area contributed by atoms with Crippen LogP contribution in [0.1, 0.15) is 145 Å². The SMILES string of the molecule is CSCC[C@H](NC(=O)[C@H](CC(C)C)NC(=O)[C@H](Cc1c[nH]cn1)NC(=O)CNC(=O)[C@@H](NC(=O)[C@H](C)NC(=O)[C@H](Cc1c[nH]c2ccccc12)NC(=O)[C@H](CCC(N)=O)NC(=O)CNC(=O)[C@H](CO)NC(=O)CNC(=O)C(CCCCNC(=S)Nc1ccc2c(c1)C(=O)OC21c2ccc(O)cc2Oc2cc(O)ccc21)NC(=S)Nc1ccc2c(c1)C(=O)OC21c2ccc(O)cc2Oc2cc(O)ccc21)C(C)C)C(N)=O. The lowest BCUT2D eigenvalue weighted by molar-refractivity contribution is -0.135. The monoisotopic (exact) mass is 2050 g/mol. The first-order chi connectivity index (χ1) is 69.2. The number of nitrogens with one attached hydrogen (secondary N) is 17. The number of thioether (sulfide) groups is 1. The number of anilines is 2. The number of ether oxygens (including phenoxy) is 4. The molecule has 44 nitrogen and oxygen atoms in total. The summed E-state index contributed by atoms with van der Waals surface area (Å²) in [4.78, 5) is 217. The highest BCUT2D eigenvalue weighted by Crippen LogP contribution is 2.59. The average Bonchev–Trinajstić information content (AvgIpc) is 1.57. The molecule has 7 aromatic carbocycles. The number of rotatable bonds is 45. The number of aliphatic hydroxyl groups is 1. The topological polar surface area (TPSA) is 671 Å². The van der Waals surface area contributed by atoms with Crippen molar-refractivity contribution in [1.82, 2.24) is 84.1 Å². The third-order valence-corrected chi connectivity index (χ3v) is 25.4. The third-order valence-electron chi connectivity index (χ3n) is 24.3. The molecule has 0 saturated heterocycles. The number of aliphatic hydroxyl groups excluding tert-OH is 1. The molecule has 2 spiro atoms. The number of nitrogens with zero attached hydrogens (tertiary/aromatic N) is 1. The van der Waals surface area contributed by atoms with Crippen LogP contribution >= 0.6 is 36.2 Å². The first-order valence-electron chi connectivity index (χ1n) is 46.2. The quantitative estimate of drug-likeness (QED) is 0.0148. The first kappa shape index (κ1) is 106. The van der Waals surface area contributed by atoms with E-state index in [0.717, 1.165) is 0 Å². The Morgan fingerprint density at radius 2 is 0.938 bits per heavy atom. The van der Waals surface area contributed by atoms with Crippen molar-refractivity contribution in [2.24, 2.45) is 23.3 Å². The molecule has 9 atom stereocenters. The highest BCUT2D eigenvalue weighted by molar-refractivity contribution is 7.98. The number of aromatic nitrogens is 3. The summed E-state index contributed by atoms with van der Waals surface area (Å²) < 4.78 is 24.6. The van der Waals surface area contributed by atoms with Crippen LogP contribution in [0.2, 0.25) is 0 Å². The maximum Gasteiger partial charge on any atom is 0.340 e. The number of aromatic hydroxyl groups is 4. The van der Waals surface area contributed by atoms with Crippen LogP contribution in [0.5, 0.6) is 46.0 Å². The fraction of sp³-hybridized carbons (Fsp3) is 0.347. The van der Waals surface area contributed by atoms with E-state index < -0.39 is 199 Å². The average molecular weight is 2050 g/mol. The zero-order chi connectivity index (χ0) is 104. The van der Waals surface area contributed by atoms with E-state index in [2.05, 4.69) is 94.7 Å². The van der Waals surface area contributed by atoms with E-state index in [-0.39, 0.29) is 124 Å². The molecule has 0 aliphatic carbocycles. The lowest BCUT2D eigenvalue weighted by Crippen LogP contribution is -2.59. The predicted octanol–water partition coefficient (Wildman–Crippen LogP) is 2.59. The fourth-order valence-electron chi connectivity index (χ4n) is 17.1. The number of esters is 2. The van der Waals surface area contributed by atoms with Gasteiger partial charge >= 0.3 is 11.9 Å². The Hall–Kier alpha value is -16.2. The number of para-hydroxylation sites is 1. The summed E-state index contributed by atoms with van der Waals surface area (Å²) in [5.74, 6) is -13.4. The number of hydrogen-bond acceptors (Lipinski definition) is 28. The highest BCUT2D eigenvalue weighted by Gasteiger charge is 2.56. The van der Waals surface area contributed by atoms with Crippen molar-refractivity contribution in [2.75, 3.05) is 55.4 Å².